The Morgan fingerprint density at radius 3 is 2.80 bits per heavy atom. The molecule has 1 aliphatic heterocycles. The molecule has 0 aliphatic carbocycles. The van der Waals surface area contributed by atoms with Gasteiger partial charge in [0.1, 0.15) is 0 Å². The van der Waals surface area contributed by atoms with Crippen molar-refractivity contribution in [3.8, 4) is 11.8 Å². The summed E-state index contributed by atoms with van der Waals surface area (Å²) in [5.41, 5.74) is 2.76. The Kier molecular flexibility index (Phi) is 5.53. The summed E-state index contributed by atoms with van der Waals surface area (Å²) >= 11 is 0. The van der Waals surface area contributed by atoms with Crippen LogP contribution in [0.3, 0.4) is 0 Å². The fourth-order valence-electron chi connectivity index (χ4n) is 2.56. The standard InChI is InChI=1S/C19H27N/c1-4-5-6-7-8-11-18-13-14-20(18)19-12-9-10-17(15-19)16(2)3/h9-10,12,15-16,18H,4-7,13-14H2,1-3H3. The summed E-state index contributed by atoms with van der Waals surface area (Å²) in [6.45, 7) is 7.89. The third-order valence-electron chi connectivity index (χ3n) is 4.06. The molecule has 1 aromatic carbocycles. The number of hydrogen-bond donors (Lipinski definition) is 0. The molecule has 1 heteroatoms. The van der Waals surface area contributed by atoms with Gasteiger partial charge in [-0.15, -0.1) is 5.92 Å². The van der Waals surface area contributed by atoms with Gasteiger partial charge in [0.15, 0.2) is 0 Å². The van der Waals surface area contributed by atoms with Gasteiger partial charge in [-0.05, 0) is 36.5 Å². The van der Waals surface area contributed by atoms with Gasteiger partial charge in [0, 0.05) is 18.7 Å². The Morgan fingerprint density at radius 2 is 2.15 bits per heavy atom. The maximum atomic E-state index is 3.45. The van der Waals surface area contributed by atoms with Crippen molar-refractivity contribution >= 4 is 5.69 Å². The quantitative estimate of drug-likeness (QED) is 0.538. The Morgan fingerprint density at radius 1 is 1.30 bits per heavy atom. The van der Waals surface area contributed by atoms with Crippen LogP contribution in [0, 0.1) is 11.8 Å². The highest BCUT2D eigenvalue weighted by atomic mass is 15.2. The summed E-state index contributed by atoms with van der Waals surface area (Å²) in [7, 11) is 0. The van der Waals surface area contributed by atoms with Crippen molar-refractivity contribution in [1.29, 1.82) is 0 Å². The van der Waals surface area contributed by atoms with Gasteiger partial charge in [0.2, 0.25) is 0 Å². The molecular formula is C19H27N. The van der Waals surface area contributed by atoms with E-state index in [1.165, 1.54) is 36.9 Å². The largest absolute Gasteiger partial charge is 0.357 e. The summed E-state index contributed by atoms with van der Waals surface area (Å²) in [6.07, 6.45) is 6.11. The Hall–Kier alpha value is -1.42. The van der Waals surface area contributed by atoms with Crippen LogP contribution >= 0.6 is 0 Å². The molecule has 1 fully saturated rings. The van der Waals surface area contributed by atoms with Crippen molar-refractivity contribution in [2.75, 3.05) is 11.4 Å². The number of hydrogen-bond acceptors (Lipinski definition) is 1. The number of anilines is 1. The number of unbranched alkanes of at least 4 members (excludes halogenated alkanes) is 3. The van der Waals surface area contributed by atoms with Gasteiger partial charge in [-0.3, -0.25) is 0 Å². The van der Waals surface area contributed by atoms with E-state index in [9.17, 15) is 0 Å². The van der Waals surface area contributed by atoms with Crippen LogP contribution in [0.15, 0.2) is 24.3 Å². The zero-order valence-electron chi connectivity index (χ0n) is 13.2. The van der Waals surface area contributed by atoms with Gasteiger partial charge in [-0.2, -0.15) is 0 Å². The number of rotatable bonds is 5. The van der Waals surface area contributed by atoms with Crippen LogP contribution in [0.4, 0.5) is 5.69 Å². The van der Waals surface area contributed by atoms with Crippen molar-refractivity contribution in [2.24, 2.45) is 0 Å². The molecule has 0 bridgehead atoms. The van der Waals surface area contributed by atoms with Gasteiger partial charge in [-0.25, -0.2) is 0 Å². The first kappa shape index (κ1) is 15.0. The van der Waals surface area contributed by atoms with Crippen molar-refractivity contribution in [3.05, 3.63) is 29.8 Å². The molecule has 1 aliphatic rings. The molecule has 108 valence electrons. The second-order valence-corrected chi connectivity index (χ2v) is 6.03. The zero-order chi connectivity index (χ0) is 14.4. The van der Waals surface area contributed by atoms with E-state index < -0.39 is 0 Å². The van der Waals surface area contributed by atoms with Crippen LogP contribution in [0.5, 0.6) is 0 Å². The van der Waals surface area contributed by atoms with E-state index in [2.05, 4.69) is 61.8 Å². The van der Waals surface area contributed by atoms with E-state index in [-0.39, 0.29) is 0 Å². The van der Waals surface area contributed by atoms with Crippen LogP contribution < -0.4 is 4.90 Å². The topological polar surface area (TPSA) is 3.24 Å². The second-order valence-electron chi connectivity index (χ2n) is 6.03. The highest BCUT2D eigenvalue weighted by molar-refractivity contribution is 5.54. The van der Waals surface area contributed by atoms with E-state index in [1.807, 2.05) is 0 Å². The smallest absolute Gasteiger partial charge is 0.0920 e. The molecule has 0 saturated carbocycles. The van der Waals surface area contributed by atoms with E-state index in [0.29, 0.717) is 12.0 Å². The molecule has 1 unspecified atom stereocenters. The van der Waals surface area contributed by atoms with Crippen LogP contribution in [0.1, 0.15) is 64.4 Å². The second kappa shape index (κ2) is 7.39. The fourth-order valence-corrected chi connectivity index (χ4v) is 2.56. The number of benzene rings is 1. The summed E-state index contributed by atoms with van der Waals surface area (Å²) in [4.78, 5) is 2.44. The lowest BCUT2D eigenvalue weighted by Crippen LogP contribution is -2.47. The molecule has 1 aromatic rings. The Balaban J connectivity index is 1.94. The maximum Gasteiger partial charge on any atom is 0.0920 e. The van der Waals surface area contributed by atoms with E-state index in [4.69, 9.17) is 0 Å². The highest BCUT2D eigenvalue weighted by Crippen LogP contribution is 2.28. The van der Waals surface area contributed by atoms with Gasteiger partial charge >= 0.3 is 0 Å². The van der Waals surface area contributed by atoms with Gasteiger partial charge in [-0.1, -0.05) is 51.7 Å². The SMILES string of the molecule is CCCCCC#CC1CCN1c1cccc(C(C)C)c1. The molecule has 0 aromatic heterocycles. The normalized spacial score (nSPS) is 17.6. The predicted molar refractivity (Wildman–Crippen MR) is 88.2 cm³/mol. The average Bonchev–Trinajstić information content (AvgIpc) is 2.41. The number of nitrogens with zero attached hydrogens (tertiary/aromatic N) is 1. The van der Waals surface area contributed by atoms with Crippen LogP contribution in [0.25, 0.3) is 0 Å². The minimum absolute atomic E-state index is 0.444. The Bertz CT molecular complexity index is 478. The van der Waals surface area contributed by atoms with Crippen molar-refractivity contribution < 1.29 is 0 Å². The van der Waals surface area contributed by atoms with Gasteiger partial charge in [0.25, 0.3) is 0 Å². The molecule has 1 saturated heterocycles. The lowest BCUT2D eigenvalue weighted by Gasteiger charge is -2.40. The maximum absolute atomic E-state index is 3.45. The minimum Gasteiger partial charge on any atom is -0.357 e. The first-order valence-corrected chi connectivity index (χ1v) is 8.07. The van der Waals surface area contributed by atoms with Crippen molar-refractivity contribution in [3.63, 3.8) is 0 Å². The Labute approximate surface area is 124 Å². The van der Waals surface area contributed by atoms with Crippen molar-refractivity contribution in [1.82, 2.24) is 0 Å². The third kappa shape index (κ3) is 3.79. The molecule has 0 amide bonds. The highest BCUT2D eigenvalue weighted by Gasteiger charge is 2.26. The first-order valence-electron chi connectivity index (χ1n) is 8.07. The van der Waals surface area contributed by atoms with E-state index in [1.54, 1.807) is 0 Å². The summed E-state index contributed by atoms with van der Waals surface area (Å²) < 4.78 is 0. The molecule has 1 atom stereocenters. The van der Waals surface area contributed by atoms with Crippen molar-refractivity contribution in [2.45, 2.75) is 64.8 Å². The molecule has 2 rings (SSSR count). The van der Waals surface area contributed by atoms with Crippen LogP contribution in [-0.2, 0) is 0 Å². The lowest BCUT2D eigenvalue weighted by molar-refractivity contribution is 0.534. The van der Waals surface area contributed by atoms with Crippen LogP contribution in [-0.4, -0.2) is 12.6 Å². The minimum atomic E-state index is 0.444. The van der Waals surface area contributed by atoms with E-state index >= 15 is 0 Å². The summed E-state index contributed by atoms with van der Waals surface area (Å²) in [5.74, 6) is 7.41. The molecule has 0 spiro atoms. The molecule has 0 radical (unpaired) electrons. The first-order chi connectivity index (χ1) is 9.72. The molecular weight excluding hydrogens is 242 g/mol. The molecule has 20 heavy (non-hydrogen) atoms. The van der Waals surface area contributed by atoms with E-state index in [0.717, 1.165) is 13.0 Å². The summed E-state index contributed by atoms with van der Waals surface area (Å²) in [5, 5.41) is 0. The average molecular weight is 269 g/mol. The summed E-state index contributed by atoms with van der Waals surface area (Å²) in [6, 6.07) is 9.39. The van der Waals surface area contributed by atoms with Crippen LogP contribution in [0.2, 0.25) is 0 Å². The zero-order valence-corrected chi connectivity index (χ0v) is 13.2. The monoisotopic (exact) mass is 269 g/mol. The lowest BCUT2D eigenvalue weighted by atomic mass is 9.98. The molecule has 0 N–H and O–H groups in total. The third-order valence-corrected chi connectivity index (χ3v) is 4.06. The molecule has 1 nitrogen and oxygen atoms in total. The molecule has 1 heterocycles. The van der Waals surface area contributed by atoms with Gasteiger partial charge in [0.05, 0.1) is 6.04 Å². The fraction of sp³-hybridized carbons (Fsp3) is 0.579. The van der Waals surface area contributed by atoms with Gasteiger partial charge < -0.3 is 4.90 Å². The predicted octanol–water partition coefficient (Wildman–Crippen LogP) is 4.97.